The van der Waals surface area contributed by atoms with Crippen molar-refractivity contribution in [2.75, 3.05) is 0 Å². The summed E-state index contributed by atoms with van der Waals surface area (Å²) in [5.41, 5.74) is 4.31. The van der Waals surface area contributed by atoms with Crippen LogP contribution in [0.2, 0.25) is 0 Å². The van der Waals surface area contributed by atoms with E-state index in [0.29, 0.717) is 29.5 Å². The summed E-state index contributed by atoms with van der Waals surface area (Å²) in [6, 6.07) is 4.16. The quantitative estimate of drug-likeness (QED) is 0.451. The lowest BCUT2D eigenvalue weighted by Crippen LogP contribution is -2.42. The van der Waals surface area contributed by atoms with Gasteiger partial charge in [-0.15, -0.1) is 11.3 Å². The van der Waals surface area contributed by atoms with Crippen LogP contribution in [0.3, 0.4) is 0 Å². The zero-order valence-electron chi connectivity index (χ0n) is 17.1. The highest BCUT2D eigenvalue weighted by atomic mass is 32.2. The molecule has 0 aliphatic heterocycles. The normalized spacial score (nSPS) is 13.2. The second-order valence-corrected chi connectivity index (χ2v) is 9.59. The van der Waals surface area contributed by atoms with Crippen LogP contribution in [0.1, 0.15) is 18.1 Å². The lowest BCUT2D eigenvalue weighted by Gasteiger charge is -2.17. The summed E-state index contributed by atoms with van der Waals surface area (Å²) in [7, 11) is -4.47. The minimum atomic E-state index is -4.73. The number of alkyl halides is 3. The Kier molecular flexibility index (Phi) is 5.69. The number of nitrogens with one attached hydrogen (secondary N) is 1. The second-order valence-electron chi connectivity index (χ2n) is 7.16. The molecule has 1 atom stereocenters. The Bertz CT molecular complexity index is 1470. The molecule has 4 rings (SSSR count). The van der Waals surface area contributed by atoms with Gasteiger partial charge < -0.3 is 0 Å². The number of thiazole rings is 1. The van der Waals surface area contributed by atoms with Gasteiger partial charge in [-0.2, -0.15) is 23.2 Å². The maximum Gasteiger partial charge on any atom is 0.404 e. The molecule has 0 amide bonds. The van der Waals surface area contributed by atoms with E-state index in [-0.39, 0.29) is 11.3 Å². The van der Waals surface area contributed by atoms with Gasteiger partial charge in [0.2, 0.25) is 10.0 Å². The Balaban J connectivity index is 1.85. The summed E-state index contributed by atoms with van der Waals surface area (Å²) in [5, 5.41) is 11.6. The number of hydrogen-bond acceptors (Lipinski definition) is 7. The molecule has 4 aromatic rings. The van der Waals surface area contributed by atoms with Gasteiger partial charge in [0.15, 0.2) is 0 Å². The summed E-state index contributed by atoms with van der Waals surface area (Å²) < 4.78 is 66.4. The molecule has 0 radical (unpaired) electrons. The molecular weight excluding hydrogens is 477 g/mol. The predicted octanol–water partition coefficient (Wildman–Crippen LogP) is 3.95. The van der Waals surface area contributed by atoms with Crippen LogP contribution in [0.15, 0.2) is 46.4 Å². The van der Waals surface area contributed by atoms with Crippen molar-refractivity contribution in [3.8, 4) is 23.3 Å². The first-order valence-corrected chi connectivity index (χ1v) is 11.8. The molecule has 0 aromatic carbocycles. The first kappa shape index (κ1) is 22.8. The Morgan fingerprint density at radius 2 is 1.97 bits per heavy atom. The van der Waals surface area contributed by atoms with Crippen molar-refractivity contribution in [2.45, 2.75) is 31.0 Å². The molecule has 4 heterocycles. The molecule has 4 aromatic heterocycles. The fourth-order valence-corrected chi connectivity index (χ4v) is 4.90. The van der Waals surface area contributed by atoms with Gasteiger partial charge in [0, 0.05) is 17.8 Å². The van der Waals surface area contributed by atoms with E-state index in [1.807, 2.05) is 13.0 Å². The van der Waals surface area contributed by atoms with Gasteiger partial charge in [0.05, 0.1) is 22.4 Å². The van der Waals surface area contributed by atoms with Crippen LogP contribution in [-0.4, -0.2) is 40.2 Å². The van der Waals surface area contributed by atoms with E-state index >= 15 is 0 Å². The predicted molar refractivity (Wildman–Crippen MR) is 115 cm³/mol. The lowest BCUT2D eigenvalue weighted by atomic mass is 10.1. The molecule has 0 bridgehead atoms. The van der Waals surface area contributed by atoms with Gasteiger partial charge in [0.25, 0.3) is 0 Å². The summed E-state index contributed by atoms with van der Waals surface area (Å²) >= 11 is 1.35. The van der Waals surface area contributed by atoms with E-state index in [2.05, 4.69) is 21.0 Å². The van der Waals surface area contributed by atoms with E-state index in [4.69, 9.17) is 0 Å². The molecular formula is C20H15F3N6O2S2. The van der Waals surface area contributed by atoms with E-state index < -0.39 is 27.1 Å². The third-order valence-electron chi connectivity index (χ3n) is 4.81. The molecule has 8 nitrogen and oxygen atoms in total. The Morgan fingerprint density at radius 1 is 1.21 bits per heavy atom. The molecule has 170 valence electrons. The summed E-state index contributed by atoms with van der Waals surface area (Å²) in [6.45, 7) is 2.56. The number of rotatable bonds is 5. The Hall–Kier alpha value is -3.34. The number of nitrogens with zero attached hydrogens (tertiary/aromatic N) is 5. The van der Waals surface area contributed by atoms with E-state index in [1.165, 1.54) is 17.4 Å². The number of aromatic nitrogens is 4. The number of aryl methyl sites for hydroxylation is 1. The monoisotopic (exact) mass is 492 g/mol. The van der Waals surface area contributed by atoms with Crippen LogP contribution in [0, 0.1) is 18.3 Å². The topological polar surface area (TPSA) is 114 Å². The van der Waals surface area contributed by atoms with Crippen molar-refractivity contribution in [3.63, 3.8) is 0 Å². The lowest BCUT2D eigenvalue weighted by molar-refractivity contribution is -0.147. The number of pyridine rings is 2. The maximum atomic E-state index is 12.8. The van der Waals surface area contributed by atoms with Gasteiger partial charge in [-0.1, -0.05) is 0 Å². The summed E-state index contributed by atoms with van der Waals surface area (Å²) in [4.78, 5) is 12.4. The van der Waals surface area contributed by atoms with Crippen molar-refractivity contribution < 1.29 is 21.6 Å². The minimum absolute atomic E-state index is 0.213. The molecule has 0 spiro atoms. The molecule has 0 saturated carbocycles. The summed E-state index contributed by atoms with van der Waals surface area (Å²) in [6.07, 6.45) is -2.17. The van der Waals surface area contributed by atoms with Crippen LogP contribution < -0.4 is 4.72 Å². The molecule has 33 heavy (non-hydrogen) atoms. The fraction of sp³-hybridized carbons (Fsp3) is 0.200. The van der Waals surface area contributed by atoms with Crippen molar-refractivity contribution in [3.05, 3.63) is 52.6 Å². The molecule has 13 heteroatoms. The van der Waals surface area contributed by atoms with Crippen LogP contribution >= 0.6 is 11.3 Å². The van der Waals surface area contributed by atoms with Crippen molar-refractivity contribution in [1.29, 1.82) is 5.26 Å². The van der Waals surface area contributed by atoms with E-state index in [9.17, 15) is 26.9 Å². The Morgan fingerprint density at radius 3 is 2.55 bits per heavy atom. The first-order chi connectivity index (χ1) is 15.5. The molecule has 0 aliphatic carbocycles. The van der Waals surface area contributed by atoms with Crippen LogP contribution in [0.25, 0.3) is 28.2 Å². The number of hydrogen-bond donors (Lipinski definition) is 1. The molecule has 1 N–H and O–H groups in total. The van der Waals surface area contributed by atoms with E-state index in [1.54, 1.807) is 26.4 Å². The SMILES string of the molecule is Cc1cnc2c(C#N)c(-c3ccc(S(=O)(=O)N[C@@H](C)C(F)(F)F)cn3)n(-c3cscn3)c2c1. The molecule has 0 aliphatic rings. The summed E-state index contributed by atoms with van der Waals surface area (Å²) in [5.74, 6) is 0.521. The third kappa shape index (κ3) is 4.20. The zero-order chi connectivity index (χ0) is 24.0. The maximum absolute atomic E-state index is 12.8. The highest BCUT2D eigenvalue weighted by Crippen LogP contribution is 2.35. The van der Waals surface area contributed by atoms with Crippen molar-refractivity contribution in [2.24, 2.45) is 0 Å². The zero-order valence-corrected chi connectivity index (χ0v) is 18.8. The highest BCUT2D eigenvalue weighted by molar-refractivity contribution is 7.89. The van der Waals surface area contributed by atoms with Gasteiger partial charge in [-0.25, -0.2) is 13.4 Å². The molecule has 0 unspecified atom stereocenters. The highest BCUT2D eigenvalue weighted by Gasteiger charge is 2.39. The smallest absolute Gasteiger partial charge is 0.288 e. The van der Waals surface area contributed by atoms with Crippen LogP contribution in [0.5, 0.6) is 0 Å². The van der Waals surface area contributed by atoms with Gasteiger partial charge in [-0.05, 0) is 37.6 Å². The largest absolute Gasteiger partial charge is 0.404 e. The van der Waals surface area contributed by atoms with Crippen molar-refractivity contribution >= 4 is 32.4 Å². The average Bonchev–Trinajstić information content (AvgIpc) is 3.38. The average molecular weight is 493 g/mol. The van der Waals surface area contributed by atoms with Gasteiger partial charge >= 0.3 is 6.18 Å². The standard InChI is InChI=1S/C20H15F3N6O2S2/c1-11-5-16-18(26-7-11)14(6-24)19(29(16)17-9-32-10-27-17)15-4-3-13(8-25-15)33(30,31)28-12(2)20(21,22)23/h3-5,7-10,12,28H,1-2H3/t12-/m0/s1. The van der Waals surface area contributed by atoms with Crippen LogP contribution in [0.4, 0.5) is 13.2 Å². The first-order valence-electron chi connectivity index (χ1n) is 9.38. The van der Waals surface area contributed by atoms with E-state index in [0.717, 1.165) is 17.8 Å². The number of fused-ring (bicyclic) bond motifs is 1. The second kappa shape index (κ2) is 8.22. The van der Waals surface area contributed by atoms with Crippen molar-refractivity contribution in [1.82, 2.24) is 24.2 Å². The Labute approximate surface area is 190 Å². The fourth-order valence-electron chi connectivity index (χ4n) is 3.21. The molecule has 0 fully saturated rings. The minimum Gasteiger partial charge on any atom is -0.288 e. The van der Waals surface area contributed by atoms with Gasteiger partial charge in [-0.3, -0.25) is 14.5 Å². The van der Waals surface area contributed by atoms with Crippen LogP contribution in [-0.2, 0) is 10.0 Å². The number of sulfonamides is 1. The third-order valence-corrected chi connectivity index (χ3v) is 6.91. The number of halogens is 3. The number of nitriles is 1. The van der Waals surface area contributed by atoms with Gasteiger partial charge in [0.1, 0.15) is 33.9 Å². The molecule has 0 saturated heterocycles.